The van der Waals surface area contributed by atoms with Gasteiger partial charge in [-0.25, -0.2) is 4.79 Å². The molecule has 5 heteroatoms. The Labute approximate surface area is 128 Å². The molecular formula is C17H17NO4. The van der Waals surface area contributed by atoms with E-state index in [1.165, 1.54) is 6.92 Å². The van der Waals surface area contributed by atoms with Gasteiger partial charge in [0.1, 0.15) is 17.2 Å². The van der Waals surface area contributed by atoms with Gasteiger partial charge in [-0.3, -0.25) is 4.99 Å². The molecule has 5 nitrogen and oxygen atoms in total. The molecule has 1 atom stereocenters. The Hall–Kier alpha value is -2.82. The number of carboxylic acid groups (broad SMARTS) is 1. The fourth-order valence-corrected chi connectivity index (χ4v) is 1.77. The third-order valence-corrected chi connectivity index (χ3v) is 2.98. The lowest BCUT2D eigenvalue weighted by Crippen LogP contribution is -2.22. The summed E-state index contributed by atoms with van der Waals surface area (Å²) in [4.78, 5) is 15.1. The summed E-state index contributed by atoms with van der Waals surface area (Å²) in [5, 5.41) is 8.80. The van der Waals surface area contributed by atoms with Crippen molar-refractivity contribution in [3.05, 3.63) is 54.1 Å². The number of carbonyl (C=O) groups is 1. The van der Waals surface area contributed by atoms with E-state index < -0.39 is 12.1 Å². The molecule has 0 amide bonds. The Bertz CT molecular complexity index is 665. The van der Waals surface area contributed by atoms with E-state index in [9.17, 15) is 4.79 Å². The van der Waals surface area contributed by atoms with E-state index in [0.717, 1.165) is 11.3 Å². The van der Waals surface area contributed by atoms with Crippen LogP contribution < -0.4 is 9.47 Å². The van der Waals surface area contributed by atoms with E-state index in [0.29, 0.717) is 11.5 Å². The summed E-state index contributed by atoms with van der Waals surface area (Å²) in [6.07, 6.45) is 0.829. The SMILES string of the molecule is COc1ccccc1N=Cc1ccc(O[C@@H](C)C(=O)O)cc1. The van der Waals surface area contributed by atoms with E-state index >= 15 is 0 Å². The van der Waals surface area contributed by atoms with Crippen molar-refractivity contribution >= 4 is 17.9 Å². The van der Waals surface area contributed by atoms with Crippen LogP contribution in [0.2, 0.25) is 0 Å². The Morgan fingerprint density at radius 3 is 2.50 bits per heavy atom. The summed E-state index contributed by atoms with van der Waals surface area (Å²) < 4.78 is 10.5. The standard InChI is InChI=1S/C17H17NO4/c1-12(17(19)20)22-14-9-7-13(8-10-14)11-18-15-5-3-4-6-16(15)21-2/h3-12H,1-2H3,(H,19,20)/t12-/m0/s1. The fourth-order valence-electron chi connectivity index (χ4n) is 1.77. The second-order valence-corrected chi connectivity index (χ2v) is 4.60. The van der Waals surface area contributed by atoms with Gasteiger partial charge in [0.15, 0.2) is 6.10 Å². The molecule has 2 aromatic rings. The maximum absolute atomic E-state index is 10.7. The number of benzene rings is 2. The lowest BCUT2D eigenvalue weighted by atomic mass is 10.2. The number of nitrogens with zero attached hydrogens (tertiary/aromatic N) is 1. The van der Waals surface area contributed by atoms with Crippen LogP contribution in [-0.2, 0) is 4.79 Å². The summed E-state index contributed by atoms with van der Waals surface area (Å²) >= 11 is 0. The van der Waals surface area contributed by atoms with Crippen LogP contribution in [-0.4, -0.2) is 30.5 Å². The molecule has 0 saturated heterocycles. The number of methoxy groups -OCH3 is 1. The highest BCUT2D eigenvalue weighted by atomic mass is 16.5. The summed E-state index contributed by atoms with van der Waals surface area (Å²) in [7, 11) is 1.60. The zero-order chi connectivity index (χ0) is 15.9. The molecule has 2 aromatic carbocycles. The van der Waals surface area contributed by atoms with Crippen molar-refractivity contribution in [2.75, 3.05) is 7.11 Å². The van der Waals surface area contributed by atoms with Crippen LogP contribution in [0, 0.1) is 0 Å². The lowest BCUT2D eigenvalue weighted by Gasteiger charge is -2.10. The highest BCUT2D eigenvalue weighted by Crippen LogP contribution is 2.26. The van der Waals surface area contributed by atoms with Crippen LogP contribution in [0.4, 0.5) is 5.69 Å². The second-order valence-electron chi connectivity index (χ2n) is 4.60. The highest BCUT2D eigenvalue weighted by Gasteiger charge is 2.11. The molecule has 1 N–H and O–H groups in total. The van der Waals surface area contributed by atoms with Crippen molar-refractivity contribution in [2.45, 2.75) is 13.0 Å². The molecule has 0 aliphatic carbocycles. The topological polar surface area (TPSA) is 68.1 Å². The first-order valence-electron chi connectivity index (χ1n) is 6.77. The summed E-state index contributed by atoms with van der Waals surface area (Å²) in [5.41, 5.74) is 1.62. The summed E-state index contributed by atoms with van der Waals surface area (Å²) in [6.45, 7) is 1.49. The molecule has 114 valence electrons. The number of hydrogen-bond acceptors (Lipinski definition) is 4. The maximum atomic E-state index is 10.7. The molecule has 0 radical (unpaired) electrons. The average Bonchev–Trinajstić information content (AvgIpc) is 2.54. The number of hydrogen-bond donors (Lipinski definition) is 1. The van der Waals surface area contributed by atoms with Crippen LogP contribution in [0.15, 0.2) is 53.5 Å². The molecule has 0 saturated carbocycles. The molecule has 22 heavy (non-hydrogen) atoms. The number of para-hydroxylation sites is 2. The first kappa shape index (κ1) is 15.6. The molecule has 0 unspecified atom stereocenters. The average molecular weight is 299 g/mol. The summed E-state index contributed by atoms with van der Waals surface area (Å²) in [5.74, 6) is 0.208. The van der Waals surface area contributed by atoms with Crippen molar-refractivity contribution in [3.63, 3.8) is 0 Å². The lowest BCUT2D eigenvalue weighted by molar-refractivity contribution is -0.144. The van der Waals surface area contributed by atoms with Gasteiger partial charge in [0, 0.05) is 6.21 Å². The van der Waals surface area contributed by atoms with Gasteiger partial charge in [-0.1, -0.05) is 12.1 Å². The van der Waals surface area contributed by atoms with Gasteiger partial charge in [-0.05, 0) is 48.9 Å². The van der Waals surface area contributed by atoms with Crippen LogP contribution in [0.3, 0.4) is 0 Å². The van der Waals surface area contributed by atoms with Gasteiger partial charge in [0.05, 0.1) is 7.11 Å². The number of ether oxygens (including phenoxy) is 2. The Kier molecular flexibility index (Phi) is 5.14. The van der Waals surface area contributed by atoms with E-state index in [2.05, 4.69) is 4.99 Å². The molecule has 2 rings (SSSR count). The number of rotatable bonds is 6. The van der Waals surface area contributed by atoms with Gasteiger partial charge in [0.25, 0.3) is 0 Å². The molecule has 0 aliphatic rings. The van der Waals surface area contributed by atoms with Crippen molar-refractivity contribution in [3.8, 4) is 11.5 Å². The minimum absolute atomic E-state index is 0.504. The van der Waals surface area contributed by atoms with Crippen LogP contribution in [0.5, 0.6) is 11.5 Å². The molecule has 0 spiro atoms. The molecule has 0 bridgehead atoms. The maximum Gasteiger partial charge on any atom is 0.344 e. The first-order chi connectivity index (χ1) is 10.6. The minimum atomic E-state index is -0.998. The van der Waals surface area contributed by atoms with Crippen LogP contribution in [0.25, 0.3) is 0 Å². The third kappa shape index (κ3) is 4.09. The summed E-state index contributed by atoms with van der Waals surface area (Å²) in [6, 6.07) is 14.5. The highest BCUT2D eigenvalue weighted by molar-refractivity contribution is 5.83. The Morgan fingerprint density at radius 1 is 1.18 bits per heavy atom. The van der Waals surface area contributed by atoms with Crippen LogP contribution >= 0.6 is 0 Å². The van der Waals surface area contributed by atoms with Gasteiger partial charge in [0.2, 0.25) is 0 Å². The predicted molar refractivity (Wildman–Crippen MR) is 84.4 cm³/mol. The molecule has 0 aliphatic heterocycles. The smallest absolute Gasteiger partial charge is 0.344 e. The molecule has 0 fully saturated rings. The molecule has 0 heterocycles. The van der Waals surface area contributed by atoms with Crippen LogP contribution in [0.1, 0.15) is 12.5 Å². The number of carboxylic acids is 1. The second kappa shape index (κ2) is 7.26. The fraction of sp³-hybridized carbons (Fsp3) is 0.176. The monoisotopic (exact) mass is 299 g/mol. The van der Waals surface area contributed by atoms with Crippen molar-refractivity contribution in [2.24, 2.45) is 4.99 Å². The van der Waals surface area contributed by atoms with E-state index in [1.54, 1.807) is 25.5 Å². The largest absolute Gasteiger partial charge is 0.494 e. The van der Waals surface area contributed by atoms with E-state index in [1.807, 2.05) is 36.4 Å². The zero-order valence-electron chi connectivity index (χ0n) is 12.4. The first-order valence-corrected chi connectivity index (χ1v) is 6.77. The van der Waals surface area contributed by atoms with Gasteiger partial charge in [-0.15, -0.1) is 0 Å². The van der Waals surface area contributed by atoms with Crippen molar-refractivity contribution < 1.29 is 19.4 Å². The molecular weight excluding hydrogens is 282 g/mol. The normalized spacial score (nSPS) is 12.1. The Morgan fingerprint density at radius 2 is 1.86 bits per heavy atom. The van der Waals surface area contributed by atoms with Crippen molar-refractivity contribution in [1.82, 2.24) is 0 Å². The quantitative estimate of drug-likeness (QED) is 0.831. The Balaban J connectivity index is 2.08. The van der Waals surface area contributed by atoms with Gasteiger partial charge in [-0.2, -0.15) is 0 Å². The zero-order valence-corrected chi connectivity index (χ0v) is 12.4. The third-order valence-electron chi connectivity index (χ3n) is 2.98. The van der Waals surface area contributed by atoms with Crippen molar-refractivity contribution in [1.29, 1.82) is 0 Å². The molecule has 0 aromatic heterocycles. The predicted octanol–water partition coefficient (Wildman–Crippen LogP) is 3.30. The number of aliphatic carboxylic acids is 1. The van der Waals surface area contributed by atoms with Gasteiger partial charge >= 0.3 is 5.97 Å². The van der Waals surface area contributed by atoms with E-state index in [-0.39, 0.29) is 0 Å². The van der Waals surface area contributed by atoms with Gasteiger partial charge < -0.3 is 14.6 Å². The number of aliphatic imine (C=N–C) groups is 1. The minimum Gasteiger partial charge on any atom is -0.494 e. The van der Waals surface area contributed by atoms with E-state index in [4.69, 9.17) is 14.6 Å².